The number of hydrogen-bond acceptors (Lipinski definition) is 2. The fourth-order valence-electron chi connectivity index (χ4n) is 3.38. The van der Waals surface area contributed by atoms with E-state index in [1.807, 2.05) is 6.20 Å². The van der Waals surface area contributed by atoms with Crippen LogP contribution in [-0.4, -0.2) is 10.2 Å². The van der Waals surface area contributed by atoms with Crippen molar-refractivity contribution in [2.24, 2.45) is 0 Å². The molecule has 0 radical (unpaired) electrons. The summed E-state index contributed by atoms with van der Waals surface area (Å²) in [4.78, 5) is 0. The van der Waals surface area contributed by atoms with Crippen LogP contribution in [0.1, 0.15) is 42.9 Å². The average molecular weight is 277 g/mol. The summed E-state index contributed by atoms with van der Waals surface area (Å²) in [6.07, 6.45) is 4.27. The SMILES string of the molecule is CC1CCC(Nc2ccc3cn[nH]c3c2)c2ccccc21. The molecule has 2 N–H and O–H groups in total. The predicted octanol–water partition coefficient (Wildman–Crippen LogP) is 4.61. The molecule has 0 amide bonds. The summed E-state index contributed by atoms with van der Waals surface area (Å²) < 4.78 is 0. The lowest BCUT2D eigenvalue weighted by Crippen LogP contribution is -2.19. The second kappa shape index (κ2) is 4.92. The van der Waals surface area contributed by atoms with E-state index in [9.17, 15) is 0 Å². The summed E-state index contributed by atoms with van der Waals surface area (Å²) in [5.74, 6) is 0.661. The first-order chi connectivity index (χ1) is 10.3. The number of hydrogen-bond donors (Lipinski definition) is 2. The van der Waals surface area contributed by atoms with Crippen molar-refractivity contribution in [3.05, 3.63) is 59.8 Å². The first-order valence-corrected chi connectivity index (χ1v) is 7.60. The monoisotopic (exact) mass is 277 g/mol. The highest BCUT2D eigenvalue weighted by Gasteiger charge is 2.24. The van der Waals surface area contributed by atoms with Gasteiger partial charge in [-0.2, -0.15) is 5.10 Å². The third-order valence-corrected chi connectivity index (χ3v) is 4.57. The fourth-order valence-corrected chi connectivity index (χ4v) is 3.38. The highest BCUT2D eigenvalue weighted by atomic mass is 15.1. The van der Waals surface area contributed by atoms with E-state index >= 15 is 0 Å². The molecule has 3 nitrogen and oxygen atoms in total. The molecule has 3 heteroatoms. The van der Waals surface area contributed by atoms with Crippen LogP contribution in [0.2, 0.25) is 0 Å². The van der Waals surface area contributed by atoms with Crippen LogP contribution in [0.4, 0.5) is 5.69 Å². The van der Waals surface area contributed by atoms with Gasteiger partial charge in [0.15, 0.2) is 0 Å². The van der Waals surface area contributed by atoms with Crippen LogP contribution in [0.25, 0.3) is 10.9 Å². The zero-order valence-corrected chi connectivity index (χ0v) is 12.1. The van der Waals surface area contributed by atoms with E-state index in [4.69, 9.17) is 0 Å². The van der Waals surface area contributed by atoms with Crippen molar-refractivity contribution in [3.63, 3.8) is 0 Å². The van der Waals surface area contributed by atoms with Gasteiger partial charge in [-0.3, -0.25) is 5.10 Å². The van der Waals surface area contributed by atoms with Gasteiger partial charge >= 0.3 is 0 Å². The van der Waals surface area contributed by atoms with Gasteiger partial charge in [-0.15, -0.1) is 0 Å². The van der Waals surface area contributed by atoms with Crippen LogP contribution >= 0.6 is 0 Å². The largest absolute Gasteiger partial charge is 0.378 e. The van der Waals surface area contributed by atoms with Crippen molar-refractivity contribution in [3.8, 4) is 0 Å². The van der Waals surface area contributed by atoms with Crippen LogP contribution in [0, 0.1) is 0 Å². The molecule has 1 aliphatic carbocycles. The molecule has 0 fully saturated rings. The maximum Gasteiger partial charge on any atom is 0.0670 e. The minimum absolute atomic E-state index is 0.401. The number of rotatable bonds is 2. The molecule has 4 rings (SSSR count). The van der Waals surface area contributed by atoms with Gasteiger partial charge in [0.2, 0.25) is 0 Å². The molecule has 21 heavy (non-hydrogen) atoms. The first kappa shape index (κ1) is 12.5. The van der Waals surface area contributed by atoms with Crippen LogP contribution in [0.3, 0.4) is 0 Å². The molecule has 1 aliphatic rings. The van der Waals surface area contributed by atoms with E-state index in [1.54, 1.807) is 0 Å². The Morgan fingerprint density at radius 1 is 1.10 bits per heavy atom. The zero-order valence-electron chi connectivity index (χ0n) is 12.1. The highest BCUT2D eigenvalue weighted by Crippen LogP contribution is 2.38. The Hall–Kier alpha value is -2.29. The van der Waals surface area contributed by atoms with Gasteiger partial charge in [-0.1, -0.05) is 31.2 Å². The smallest absolute Gasteiger partial charge is 0.0670 e. The molecule has 106 valence electrons. The van der Waals surface area contributed by atoms with Crippen LogP contribution in [0.15, 0.2) is 48.7 Å². The molecule has 1 aromatic heterocycles. The van der Waals surface area contributed by atoms with Crippen molar-refractivity contribution in [2.45, 2.75) is 31.7 Å². The maximum absolute atomic E-state index is 4.08. The summed E-state index contributed by atoms with van der Waals surface area (Å²) in [6.45, 7) is 2.33. The normalized spacial score (nSPS) is 21.2. The molecule has 2 unspecified atom stereocenters. The topological polar surface area (TPSA) is 40.7 Å². The lowest BCUT2D eigenvalue weighted by atomic mass is 9.81. The quantitative estimate of drug-likeness (QED) is 0.718. The van der Waals surface area contributed by atoms with Crippen molar-refractivity contribution in [2.75, 3.05) is 5.32 Å². The molecule has 0 saturated carbocycles. The molecule has 0 aliphatic heterocycles. The molecule has 2 aromatic carbocycles. The minimum Gasteiger partial charge on any atom is -0.378 e. The third-order valence-electron chi connectivity index (χ3n) is 4.57. The van der Waals surface area contributed by atoms with Crippen molar-refractivity contribution >= 4 is 16.6 Å². The van der Waals surface area contributed by atoms with Crippen molar-refractivity contribution < 1.29 is 0 Å². The Kier molecular flexibility index (Phi) is 2.92. The minimum atomic E-state index is 0.401. The van der Waals surface area contributed by atoms with E-state index in [1.165, 1.54) is 24.0 Å². The van der Waals surface area contributed by atoms with E-state index in [2.05, 4.69) is 64.9 Å². The lowest BCUT2D eigenvalue weighted by Gasteiger charge is -2.31. The van der Waals surface area contributed by atoms with Crippen molar-refractivity contribution in [1.29, 1.82) is 0 Å². The lowest BCUT2D eigenvalue weighted by molar-refractivity contribution is 0.535. The predicted molar refractivity (Wildman–Crippen MR) is 86.5 cm³/mol. The molecule has 0 bridgehead atoms. The van der Waals surface area contributed by atoms with Gasteiger partial charge < -0.3 is 5.32 Å². The van der Waals surface area contributed by atoms with Gasteiger partial charge in [0.25, 0.3) is 0 Å². The summed E-state index contributed by atoms with van der Waals surface area (Å²) >= 11 is 0. The van der Waals surface area contributed by atoms with Gasteiger partial charge in [0.05, 0.1) is 17.8 Å². The van der Waals surface area contributed by atoms with E-state index in [0.717, 1.165) is 16.6 Å². The third kappa shape index (κ3) is 2.19. The van der Waals surface area contributed by atoms with Crippen molar-refractivity contribution in [1.82, 2.24) is 10.2 Å². The maximum atomic E-state index is 4.08. The number of aromatic nitrogens is 2. The Labute approximate surface area is 124 Å². The van der Waals surface area contributed by atoms with E-state index in [0.29, 0.717) is 12.0 Å². The summed E-state index contributed by atoms with van der Waals surface area (Å²) in [7, 11) is 0. The molecular formula is C18H19N3. The zero-order chi connectivity index (χ0) is 14.2. The second-order valence-electron chi connectivity index (χ2n) is 5.98. The standard InChI is InChI=1S/C18H19N3/c1-12-6-9-17(16-5-3-2-4-15(12)16)20-14-8-7-13-11-19-21-18(13)10-14/h2-5,7-8,10-12,17,20H,6,9H2,1H3,(H,19,21). The van der Waals surface area contributed by atoms with Crippen LogP contribution in [-0.2, 0) is 0 Å². The van der Waals surface area contributed by atoms with E-state index < -0.39 is 0 Å². The Bertz CT molecular complexity index is 775. The summed E-state index contributed by atoms with van der Waals surface area (Å²) in [5, 5.41) is 12.0. The number of benzene rings is 2. The number of aromatic amines is 1. The van der Waals surface area contributed by atoms with E-state index in [-0.39, 0.29) is 0 Å². The van der Waals surface area contributed by atoms with Gasteiger partial charge in [-0.05, 0) is 48.1 Å². The average Bonchev–Trinajstić information content (AvgIpc) is 2.98. The number of fused-ring (bicyclic) bond motifs is 2. The molecule has 0 saturated heterocycles. The number of nitrogens with zero attached hydrogens (tertiary/aromatic N) is 1. The summed E-state index contributed by atoms with van der Waals surface area (Å²) in [6, 6.07) is 15.6. The van der Waals surface area contributed by atoms with Crippen LogP contribution in [0.5, 0.6) is 0 Å². The van der Waals surface area contributed by atoms with Gasteiger partial charge in [0, 0.05) is 11.1 Å². The summed E-state index contributed by atoms with van der Waals surface area (Å²) in [5.41, 5.74) is 5.17. The second-order valence-corrected chi connectivity index (χ2v) is 5.98. The Balaban J connectivity index is 1.66. The molecule has 3 aromatic rings. The number of H-pyrrole nitrogens is 1. The highest BCUT2D eigenvalue weighted by molar-refractivity contribution is 5.81. The van der Waals surface area contributed by atoms with Gasteiger partial charge in [-0.25, -0.2) is 0 Å². The number of anilines is 1. The number of nitrogens with one attached hydrogen (secondary N) is 2. The first-order valence-electron chi connectivity index (χ1n) is 7.60. The van der Waals surface area contributed by atoms with Gasteiger partial charge in [0.1, 0.15) is 0 Å². The molecular weight excluding hydrogens is 258 g/mol. The molecule has 1 heterocycles. The fraction of sp³-hybridized carbons (Fsp3) is 0.278. The Morgan fingerprint density at radius 2 is 1.95 bits per heavy atom. The molecule has 2 atom stereocenters. The Morgan fingerprint density at radius 3 is 2.86 bits per heavy atom. The molecule has 0 spiro atoms. The van der Waals surface area contributed by atoms with Crippen LogP contribution < -0.4 is 5.32 Å².